The van der Waals surface area contributed by atoms with Crippen molar-refractivity contribution in [1.29, 1.82) is 0 Å². The Bertz CT molecular complexity index is 766. The second-order valence-electron chi connectivity index (χ2n) is 6.93. The number of rotatable bonds is 4. The maximum Gasteiger partial charge on any atom is 0.273 e. The van der Waals surface area contributed by atoms with Crippen LogP contribution in [-0.4, -0.2) is 64.2 Å². The van der Waals surface area contributed by atoms with Crippen LogP contribution in [0.4, 0.5) is 0 Å². The van der Waals surface area contributed by atoms with Gasteiger partial charge in [-0.1, -0.05) is 0 Å². The molecule has 1 aromatic heterocycles. The molecule has 0 saturated carbocycles. The SMILES string of the molecule is On1c(=NCCCN2CCOCC2)n(O)c2cc3c(cc21)CCCC3. The number of benzene rings is 1. The van der Waals surface area contributed by atoms with Crippen molar-refractivity contribution >= 4 is 11.0 Å². The molecule has 0 atom stereocenters. The van der Waals surface area contributed by atoms with Crippen molar-refractivity contribution in [3.05, 3.63) is 28.9 Å². The standard InChI is InChI=1S/C18H26N4O3/c23-21-16-12-14-4-1-2-5-15(14)13-17(16)22(24)18(21)19-6-3-7-20-8-10-25-11-9-20/h12-13,23-24H,1-11H2. The van der Waals surface area contributed by atoms with Crippen molar-refractivity contribution in [1.82, 2.24) is 14.4 Å². The molecule has 2 aliphatic rings. The number of hydrogen-bond donors (Lipinski definition) is 2. The maximum atomic E-state index is 10.4. The number of aromatic nitrogens is 2. The first-order valence-corrected chi connectivity index (χ1v) is 9.22. The molecule has 2 aromatic rings. The Morgan fingerprint density at radius 3 is 2.16 bits per heavy atom. The van der Waals surface area contributed by atoms with Crippen molar-refractivity contribution in [2.24, 2.45) is 4.99 Å². The van der Waals surface area contributed by atoms with Crippen LogP contribution in [0.2, 0.25) is 0 Å². The third kappa shape index (κ3) is 3.26. The van der Waals surface area contributed by atoms with Crippen LogP contribution in [0.5, 0.6) is 0 Å². The summed E-state index contributed by atoms with van der Waals surface area (Å²) in [6, 6.07) is 3.98. The second kappa shape index (κ2) is 7.09. The average Bonchev–Trinajstić information content (AvgIpc) is 2.88. The van der Waals surface area contributed by atoms with E-state index in [0.29, 0.717) is 17.6 Å². The van der Waals surface area contributed by atoms with E-state index in [1.54, 1.807) is 0 Å². The van der Waals surface area contributed by atoms with Gasteiger partial charge in [0.2, 0.25) is 0 Å². The highest BCUT2D eigenvalue weighted by atomic mass is 16.5. The van der Waals surface area contributed by atoms with Crippen molar-refractivity contribution in [2.75, 3.05) is 39.4 Å². The Morgan fingerprint density at radius 1 is 0.960 bits per heavy atom. The Hall–Kier alpha value is -1.99. The van der Waals surface area contributed by atoms with Gasteiger partial charge in [0, 0.05) is 26.2 Å². The normalized spacial score (nSPS) is 18.4. The van der Waals surface area contributed by atoms with Gasteiger partial charge in [0.25, 0.3) is 5.62 Å². The van der Waals surface area contributed by atoms with Crippen LogP contribution in [0.25, 0.3) is 11.0 Å². The molecule has 0 bridgehead atoms. The molecule has 2 N–H and O–H groups in total. The predicted octanol–water partition coefficient (Wildman–Crippen LogP) is 1.42. The highest BCUT2D eigenvalue weighted by molar-refractivity contribution is 5.77. The number of hydrogen-bond acceptors (Lipinski definition) is 5. The van der Waals surface area contributed by atoms with Crippen molar-refractivity contribution in [3.63, 3.8) is 0 Å². The summed E-state index contributed by atoms with van der Waals surface area (Å²) in [4.78, 5) is 6.78. The van der Waals surface area contributed by atoms with Gasteiger partial charge >= 0.3 is 0 Å². The number of fused-ring (bicyclic) bond motifs is 2. The molecule has 1 aliphatic heterocycles. The zero-order chi connectivity index (χ0) is 17.2. The minimum atomic E-state index is 0.194. The lowest BCUT2D eigenvalue weighted by Gasteiger charge is -2.26. The molecule has 1 saturated heterocycles. The van der Waals surface area contributed by atoms with Crippen LogP contribution in [0.1, 0.15) is 30.4 Å². The van der Waals surface area contributed by atoms with Gasteiger partial charge in [-0.15, -0.1) is 9.46 Å². The maximum absolute atomic E-state index is 10.4. The molecule has 0 spiro atoms. The van der Waals surface area contributed by atoms with E-state index >= 15 is 0 Å². The molecule has 0 amide bonds. The Kier molecular flexibility index (Phi) is 4.67. The van der Waals surface area contributed by atoms with E-state index in [9.17, 15) is 10.4 Å². The van der Waals surface area contributed by atoms with Gasteiger partial charge < -0.3 is 15.2 Å². The Labute approximate surface area is 146 Å². The molecule has 7 heteroatoms. The minimum absolute atomic E-state index is 0.194. The van der Waals surface area contributed by atoms with Gasteiger partial charge in [0.1, 0.15) is 11.0 Å². The van der Waals surface area contributed by atoms with Gasteiger partial charge in [-0.05, 0) is 55.4 Å². The first kappa shape index (κ1) is 16.5. The lowest BCUT2D eigenvalue weighted by atomic mass is 9.91. The first-order valence-electron chi connectivity index (χ1n) is 9.22. The summed E-state index contributed by atoms with van der Waals surface area (Å²) in [6.07, 6.45) is 5.32. The third-order valence-corrected chi connectivity index (χ3v) is 5.26. The lowest BCUT2D eigenvalue weighted by Crippen LogP contribution is -2.37. The highest BCUT2D eigenvalue weighted by Crippen LogP contribution is 2.25. The largest absolute Gasteiger partial charge is 0.425 e. The molecule has 0 radical (unpaired) electrons. The van der Waals surface area contributed by atoms with Crippen LogP contribution in [-0.2, 0) is 17.6 Å². The van der Waals surface area contributed by atoms with Crippen molar-refractivity contribution < 1.29 is 15.2 Å². The zero-order valence-electron chi connectivity index (χ0n) is 14.5. The molecule has 1 aliphatic carbocycles. The average molecular weight is 346 g/mol. The molecular weight excluding hydrogens is 320 g/mol. The summed E-state index contributed by atoms with van der Waals surface area (Å²) in [5.74, 6) is 0. The molecule has 7 nitrogen and oxygen atoms in total. The lowest BCUT2D eigenvalue weighted by molar-refractivity contribution is 0.0376. The monoisotopic (exact) mass is 346 g/mol. The van der Waals surface area contributed by atoms with E-state index in [2.05, 4.69) is 9.89 Å². The van der Waals surface area contributed by atoms with Gasteiger partial charge in [-0.2, -0.15) is 0 Å². The van der Waals surface area contributed by atoms with Gasteiger partial charge in [-0.3, -0.25) is 4.90 Å². The molecule has 2 heterocycles. The van der Waals surface area contributed by atoms with Gasteiger partial charge in [0.05, 0.1) is 13.2 Å². The number of nitrogens with zero attached hydrogens (tertiary/aromatic N) is 4. The van der Waals surface area contributed by atoms with Crippen LogP contribution < -0.4 is 5.62 Å². The fraction of sp³-hybridized carbons (Fsp3) is 0.611. The van der Waals surface area contributed by atoms with Crippen LogP contribution in [0.15, 0.2) is 17.1 Å². The molecule has 136 valence electrons. The van der Waals surface area contributed by atoms with Crippen molar-refractivity contribution in [2.45, 2.75) is 32.1 Å². The minimum Gasteiger partial charge on any atom is -0.425 e. The summed E-state index contributed by atoms with van der Waals surface area (Å²) in [5, 5.41) is 20.9. The van der Waals surface area contributed by atoms with E-state index < -0.39 is 0 Å². The van der Waals surface area contributed by atoms with E-state index in [1.807, 2.05) is 12.1 Å². The van der Waals surface area contributed by atoms with Gasteiger partial charge in [0.15, 0.2) is 0 Å². The third-order valence-electron chi connectivity index (χ3n) is 5.26. The fourth-order valence-electron chi connectivity index (χ4n) is 3.84. The van der Waals surface area contributed by atoms with E-state index in [1.165, 1.54) is 24.0 Å². The highest BCUT2D eigenvalue weighted by Gasteiger charge is 2.17. The first-order chi connectivity index (χ1) is 12.2. The molecule has 25 heavy (non-hydrogen) atoms. The Morgan fingerprint density at radius 2 is 1.56 bits per heavy atom. The Balaban J connectivity index is 1.54. The van der Waals surface area contributed by atoms with E-state index in [0.717, 1.165) is 61.6 Å². The zero-order valence-corrected chi connectivity index (χ0v) is 14.5. The predicted molar refractivity (Wildman–Crippen MR) is 93.2 cm³/mol. The summed E-state index contributed by atoms with van der Waals surface area (Å²) >= 11 is 0. The van der Waals surface area contributed by atoms with Crippen LogP contribution >= 0.6 is 0 Å². The number of imidazole rings is 1. The molecule has 0 unspecified atom stereocenters. The topological polar surface area (TPSA) is 75.1 Å². The smallest absolute Gasteiger partial charge is 0.273 e. The second-order valence-corrected chi connectivity index (χ2v) is 6.93. The van der Waals surface area contributed by atoms with E-state index in [-0.39, 0.29) is 5.62 Å². The molecule has 1 aromatic carbocycles. The fourth-order valence-corrected chi connectivity index (χ4v) is 3.84. The molecule has 1 fully saturated rings. The molecule has 4 rings (SSSR count). The van der Waals surface area contributed by atoms with Crippen LogP contribution in [0.3, 0.4) is 0 Å². The number of aryl methyl sites for hydroxylation is 2. The summed E-state index contributed by atoms with van der Waals surface area (Å²) in [5.41, 5.74) is 3.97. The summed E-state index contributed by atoms with van der Waals surface area (Å²) in [7, 11) is 0. The number of morpholine rings is 1. The van der Waals surface area contributed by atoms with Gasteiger partial charge in [-0.25, -0.2) is 4.99 Å². The summed E-state index contributed by atoms with van der Waals surface area (Å²) in [6.45, 7) is 5.04. The molecular formula is C18H26N4O3. The number of ether oxygens (including phenoxy) is 1. The van der Waals surface area contributed by atoms with Crippen molar-refractivity contribution in [3.8, 4) is 0 Å². The quantitative estimate of drug-likeness (QED) is 0.649. The van der Waals surface area contributed by atoms with E-state index in [4.69, 9.17) is 4.74 Å². The van der Waals surface area contributed by atoms with Crippen LogP contribution in [0, 0.1) is 0 Å². The summed E-state index contributed by atoms with van der Waals surface area (Å²) < 4.78 is 7.37.